The van der Waals surface area contributed by atoms with E-state index in [0.717, 1.165) is 38.0 Å². The Hall–Kier alpha value is -1.39. The van der Waals surface area contributed by atoms with E-state index in [2.05, 4.69) is 18.3 Å². The number of para-hydroxylation sites is 1. The lowest BCUT2D eigenvalue weighted by Gasteiger charge is -2.25. The smallest absolute Gasteiger partial charge is 0.229 e. The molecule has 4 nitrogen and oxygen atoms in total. The molecule has 4 heteroatoms. The highest BCUT2D eigenvalue weighted by molar-refractivity contribution is 5.96. The van der Waals surface area contributed by atoms with Crippen LogP contribution < -0.4 is 10.2 Å². The van der Waals surface area contributed by atoms with Crippen LogP contribution in [0.1, 0.15) is 31.7 Å². The normalized spacial score (nSPS) is 22.3. The van der Waals surface area contributed by atoms with Gasteiger partial charge in [-0.25, -0.2) is 0 Å². The number of nitrogens with zero attached hydrogens (tertiary/aromatic N) is 1. The second-order valence-corrected chi connectivity index (χ2v) is 6.02. The van der Waals surface area contributed by atoms with E-state index in [-0.39, 0.29) is 11.9 Å². The molecular weight excluding hydrogens is 264 g/mol. The summed E-state index contributed by atoms with van der Waals surface area (Å²) < 4.78 is 5.85. The molecule has 114 valence electrons. The van der Waals surface area contributed by atoms with Gasteiger partial charge in [0.25, 0.3) is 0 Å². The number of benzene rings is 1. The van der Waals surface area contributed by atoms with E-state index in [0.29, 0.717) is 19.1 Å². The van der Waals surface area contributed by atoms with Gasteiger partial charge in [0.05, 0.1) is 19.1 Å². The predicted octanol–water partition coefficient (Wildman–Crippen LogP) is 2.12. The van der Waals surface area contributed by atoms with Gasteiger partial charge in [0.15, 0.2) is 0 Å². The average Bonchev–Trinajstić information content (AvgIpc) is 2.84. The van der Waals surface area contributed by atoms with Crippen molar-refractivity contribution < 1.29 is 9.53 Å². The van der Waals surface area contributed by atoms with Crippen LogP contribution in [0.25, 0.3) is 0 Å². The first-order chi connectivity index (χ1) is 10.3. The topological polar surface area (TPSA) is 41.6 Å². The third-order valence-electron chi connectivity index (χ3n) is 4.43. The first kappa shape index (κ1) is 14.5. The van der Waals surface area contributed by atoms with Gasteiger partial charge in [-0.05, 0) is 50.9 Å². The number of piperidine rings is 1. The molecule has 1 N–H and O–H groups in total. The highest BCUT2D eigenvalue weighted by Crippen LogP contribution is 2.32. The maximum absolute atomic E-state index is 12.5. The maximum atomic E-state index is 12.5. The van der Waals surface area contributed by atoms with Crippen molar-refractivity contribution in [1.29, 1.82) is 0 Å². The molecule has 0 saturated carbocycles. The minimum atomic E-state index is 0.182. The Morgan fingerprint density at radius 2 is 2.10 bits per heavy atom. The number of carbonyl (C=O) groups excluding carboxylic acids is 1. The molecule has 2 heterocycles. The second kappa shape index (κ2) is 6.58. The van der Waals surface area contributed by atoms with Gasteiger partial charge in [0.2, 0.25) is 5.91 Å². The Bertz CT molecular complexity index is 497. The Kier molecular flexibility index (Phi) is 4.56. The van der Waals surface area contributed by atoms with Crippen molar-refractivity contribution in [3.8, 4) is 0 Å². The number of carbonyl (C=O) groups is 1. The molecule has 0 bridgehead atoms. The molecule has 21 heavy (non-hydrogen) atoms. The zero-order valence-corrected chi connectivity index (χ0v) is 12.7. The number of hydrogen-bond acceptors (Lipinski definition) is 3. The summed E-state index contributed by atoms with van der Waals surface area (Å²) in [7, 11) is 0. The van der Waals surface area contributed by atoms with Crippen LogP contribution in [-0.4, -0.2) is 37.7 Å². The highest BCUT2D eigenvalue weighted by Gasteiger charge is 2.30. The fourth-order valence-corrected chi connectivity index (χ4v) is 3.34. The number of ether oxygens (including phenoxy) is 1. The Labute approximate surface area is 126 Å². The lowest BCUT2D eigenvalue weighted by atomic mass is 10.1. The highest BCUT2D eigenvalue weighted by atomic mass is 16.5. The fourth-order valence-electron chi connectivity index (χ4n) is 3.34. The van der Waals surface area contributed by atoms with Gasteiger partial charge in [-0.3, -0.25) is 4.79 Å². The maximum Gasteiger partial charge on any atom is 0.229 e. The lowest BCUT2D eigenvalue weighted by Crippen LogP contribution is -2.37. The monoisotopic (exact) mass is 288 g/mol. The van der Waals surface area contributed by atoms with Crippen LogP contribution in [0.4, 0.5) is 5.69 Å². The fraction of sp³-hybridized carbons (Fsp3) is 0.588. The Balaban J connectivity index is 1.53. The summed E-state index contributed by atoms with van der Waals surface area (Å²) >= 11 is 0. The third-order valence-corrected chi connectivity index (χ3v) is 4.43. The van der Waals surface area contributed by atoms with Gasteiger partial charge in [-0.1, -0.05) is 18.2 Å². The molecule has 2 aliphatic rings. The third kappa shape index (κ3) is 3.27. The average molecular weight is 288 g/mol. The van der Waals surface area contributed by atoms with Crippen molar-refractivity contribution in [2.75, 3.05) is 24.6 Å². The molecule has 0 aliphatic carbocycles. The minimum Gasteiger partial charge on any atom is -0.378 e. The SMILES string of the molecule is CC1Cc2ccccc2N1C(=O)CCOC1CCNCC1. The number of nitrogens with one attached hydrogen (secondary N) is 1. The molecule has 0 spiro atoms. The van der Waals surface area contributed by atoms with Gasteiger partial charge >= 0.3 is 0 Å². The molecule has 1 aromatic rings. The molecule has 1 saturated heterocycles. The van der Waals surface area contributed by atoms with Crippen molar-refractivity contribution in [2.24, 2.45) is 0 Å². The number of fused-ring (bicyclic) bond motifs is 1. The zero-order chi connectivity index (χ0) is 14.7. The van der Waals surface area contributed by atoms with E-state index in [1.54, 1.807) is 0 Å². The van der Waals surface area contributed by atoms with E-state index in [1.807, 2.05) is 23.1 Å². The summed E-state index contributed by atoms with van der Waals surface area (Å²) in [5.41, 5.74) is 2.36. The molecule has 1 atom stereocenters. The summed E-state index contributed by atoms with van der Waals surface area (Å²) in [6, 6.07) is 8.46. The second-order valence-electron chi connectivity index (χ2n) is 6.02. The number of hydrogen-bond donors (Lipinski definition) is 1. The molecule has 2 aliphatic heterocycles. The number of rotatable bonds is 4. The van der Waals surface area contributed by atoms with Crippen molar-refractivity contribution >= 4 is 11.6 Å². The largest absolute Gasteiger partial charge is 0.378 e. The minimum absolute atomic E-state index is 0.182. The van der Waals surface area contributed by atoms with E-state index < -0.39 is 0 Å². The molecule has 1 amide bonds. The van der Waals surface area contributed by atoms with Crippen LogP contribution in [0, 0.1) is 0 Å². The summed E-state index contributed by atoms with van der Waals surface area (Å²) in [5, 5.41) is 3.32. The Morgan fingerprint density at radius 3 is 2.90 bits per heavy atom. The quantitative estimate of drug-likeness (QED) is 0.923. The summed E-state index contributed by atoms with van der Waals surface area (Å²) in [4.78, 5) is 14.4. The van der Waals surface area contributed by atoms with Crippen molar-refractivity contribution in [3.63, 3.8) is 0 Å². The van der Waals surface area contributed by atoms with E-state index >= 15 is 0 Å². The van der Waals surface area contributed by atoms with Crippen LogP contribution in [0.3, 0.4) is 0 Å². The molecule has 0 aromatic heterocycles. The Morgan fingerprint density at radius 1 is 1.33 bits per heavy atom. The van der Waals surface area contributed by atoms with Gasteiger partial charge in [-0.15, -0.1) is 0 Å². The van der Waals surface area contributed by atoms with Crippen molar-refractivity contribution in [2.45, 2.75) is 44.8 Å². The molecule has 0 radical (unpaired) electrons. The van der Waals surface area contributed by atoms with E-state index in [9.17, 15) is 4.79 Å². The summed E-state index contributed by atoms with van der Waals surface area (Å²) in [6.07, 6.45) is 3.86. The first-order valence-electron chi connectivity index (χ1n) is 7.98. The van der Waals surface area contributed by atoms with Gasteiger partial charge in [-0.2, -0.15) is 0 Å². The van der Waals surface area contributed by atoms with Crippen molar-refractivity contribution in [3.05, 3.63) is 29.8 Å². The molecule has 1 unspecified atom stereocenters. The van der Waals surface area contributed by atoms with Crippen molar-refractivity contribution in [1.82, 2.24) is 5.32 Å². The van der Waals surface area contributed by atoms with Crippen LogP contribution >= 0.6 is 0 Å². The summed E-state index contributed by atoms with van der Waals surface area (Å²) in [5.74, 6) is 0.182. The van der Waals surface area contributed by atoms with Gasteiger partial charge in [0.1, 0.15) is 0 Å². The number of amides is 1. The van der Waals surface area contributed by atoms with E-state index in [4.69, 9.17) is 4.74 Å². The zero-order valence-electron chi connectivity index (χ0n) is 12.7. The molecule has 3 rings (SSSR count). The standard InChI is InChI=1S/C17H24N2O2/c1-13-12-14-4-2-3-5-16(14)19(13)17(20)8-11-21-15-6-9-18-10-7-15/h2-5,13,15,18H,6-12H2,1H3. The first-order valence-corrected chi connectivity index (χ1v) is 7.98. The molecular formula is C17H24N2O2. The lowest BCUT2D eigenvalue weighted by molar-refractivity contribution is -0.120. The number of anilines is 1. The van der Waals surface area contributed by atoms with Crippen LogP contribution in [-0.2, 0) is 16.0 Å². The van der Waals surface area contributed by atoms with Gasteiger partial charge < -0.3 is 15.0 Å². The van der Waals surface area contributed by atoms with Crippen LogP contribution in [0.5, 0.6) is 0 Å². The summed E-state index contributed by atoms with van der Waals surface area (Å²) in [6.45, 7) is 4.70. The van der Waals surface area contributed by atoms with Crippen LogP contribution in [0.2, 0.25) is 0 Å². The molecule has 1 fully saturated rings. The van der Waals surface area contributed by atoms with Crippen LogP contribution in [0.15, 0.2) is 24.3 Å². The predicted molar refractivity (Wildman–Crippen MR) is 83.6 cm³/mol. The van der Waals surface area contributed by atoms with Gasteiger partial charge in [0, 0.05) is 11.7 Å². The van der Waals surface area contributed by atoms with E-state index in [1.165, 1.54) is 5.56 Å². The molecule has 1 aromatic carbocycles.